The van der Waals surface area contributed by atoms with Crippen LogP contribution in [0.15, 0.2) is 84.1 Å². The molecule has 5 rings (SSSR count). The number of carbonyl (C=O) groups is 1. The largest absolute Gasteiger partial charge is 0.573 e. The minimum Gasteiger partial charge on any atom is -0.406 e. The Morgan fingerprint density at radius 2 is 1.86 bits per heavy atom. The second-order valence-electron chi connectivity index (χ2n) is 9.98. The van der Waals surface area contributed by atoms with Crippen LogP contribution in [-0.4, -0.2) is 56.0 Å². The highest BCUT2D eigenvalue weighted by atomic mass is 32.2. The molecular weight excluding hydrogens is 581 g/mol. The molecule has 1 aliphatic heterocycles. The zero-order valence-corrected chi connectivity index (χ0v) is 24.1. The van der Waals surface area contributed by atoms with Crippen LogP contribution in [0, 0.1) is 0 Å². The van der Waals surface area contributed by atoms with Gasteiger partial charge in [0.25, 0.3) is 0 Å². The number of halogens is 3. The van der Waals surface area contributed by atoms with E-state index < -0.39 is 12.7 Å². The third-order valence-electron chi connectivity index (χ3n) is 6.55. The third-order valence-corrected chi connectivity index (χ3v) is 7.49. The van der Waals surface area contributed by atoms with E-state index in [0.29, 0.717) is 29.6 Å². The maximum Gasteiger partial charge on any atom is 0.573 e. The van der Waals surface area contributed by atoms with E-state index in [0.717, 1.165) is 22.4 Å². The summed E-state index contributed by atoms with van der Waals surface area (Å²) in [5.74, 6) is 0.517. The lowest BCUT2D eigenvalue weighted by molar-refractivity contribution is -0.274. The van der Waals surface area contributed by atoms with Gasteiger partial charge in [0.1, 0.15) is 12.1 Å². The lowest BCUT2D eigenvalue weighted by Gasteiger charge is -2.22. The summed E-state index contributed by atoms with van der Waals surface area (Å²) < 4.78 is 42.6. The van der Waals surface area contributed by atoms with Crippen molar-refractivity contribution in [1.82, 2.24) is 20.1 Å². The summed E-state index contributed by atoms with van der Waals surface area (Å²) in [5, 5.41) is 18.5. The van der Waals surface area contributed by atoms with Crippen molar-refractivity contribution in [3.63, 3.8) is 0 Å². The Morgan fingerprint density at radius 1 is 1.09 bits per heavy atom. The molecule has 1 amide bonds. The fraction of sp³-hybridized carbons (Fsp3) is 0.267. The number of aliphatic imine (C=N–C) groups is 1. The van der Waals surface area contributed by atoms with Crippen molar-refractivity contribution in [3.05, 3.63) is 90.3 Å². The molecule has 0 saturated carbocycles. The summed E-state index contributed by atoms with van der Waals surface area (Å²) >= 11 is 1.29. The van der Waals surface area contributed by atoms with Gasteiger partial charge in [0.05, 0.1) is 17.1 Å². The molecule has 13 heteroatoms. The normalized spacial score (nSPS) is 15.5. The van der Waals surface area contributed by atoms with Gasteiger partial charge in [-0.3, -0.25) is 15.0 Å². The molecule has 1 aliphatic rings. The van der Waals surface area contributed by atoms with E-state index in [1.54, 1.807) is 4.90 Å². The quantitative estimate of drug-likeness (QED) is 0.229. The Bertz CT molecular complexity index is 1610. The van der Waals surface area contributed by atoms with Crippen LogP contribution in [-0.2, 0) is 11.2 Å². The number of nitrogens with one attached hydrogen (secondary N) is 1. The number of aliphatic hydroxyl groups is 1. The van der Waals surface area contributed by atoms with Crippen molar-refractivity contribution in [2.75, 3.05) is 17.2 Å². The summed E-state index contributed by atoms with van der Waals surface area (Å²) in [6.07, 6.45) is -3.91. The summed E-state index contributed by atoms with van der Waals surface area (Å²) in [6.45, 7) is 4.54. The van der Waals surface area contributed by atoms with Crippen LogP contribution in [0.3, 0.4) is 0 Å². The molecule has 0 bridgehead atoms. The molecule has 1 fully saturated rings. The fourth-order valence-electron chi connectivity index (χ4n) is 4.56. The van der Waals surface area contributed by atoms with Gasteiger partial charge in [-0.2, -0.15) is 0 Å². The number of alkyl halides is 3. The van der Waals surface area contributed by atoms with Gasteiger partial charge >= 0.3 is 6.36 Å². The number of amidine groups is 1. The van der Waals surface area contributed by atoms with Gasteiger partial charge in [-0.25, -0.2) is 14.7 Å². The predicted octanol–water partition coefficient (Wildman–Crippen LogP) is 5.50. The second kappa shape index (κ2) is 13.0. The Balaban J connectivity index is 1.20. The number of para-hydroxylation sites is 1. The van der Waals surface area contributed by atoms with Crippen LogP contribution in [0.25, 0.3) is 17.1 Å². The smallest absolute Gasteiger partial charge is 0.406 e. The first-order valence-corrected chi connectivity index (χ1v) is 14.5. The van der Waals surface area contributed by atoms with E-state index in [1.807, 2.05) is 48.5 Å². The number of thioether (sulfide) groups is 1. The number of nitrogens with zero attached hydrogens (tertiary/aromatic N) is 5. The van der Waals surface area contributed by atoms with Gasteiger partial charge < -0.3 is 9.84 Å². The predicted molar refractivity (Wildman–Crippen MR) is 159 cm³/mol. The Kier molecular flexibility index (Phi) is 9.14. The third kappa shape index (κ3) is 7.61. The van der Waals surface area contributed by atoms with Crippen molar-refractivity contribution < 1.29 is 27.8 Å². The van der Waals surface area contributed by atoms with Gasteiger partial charge in [0.2, 0.25) is 12.3 Å². The number of hydrogen-bond acceptors (Lipinski definition) is 8. The Hall–Kier alpha value is -4.20. The topological polar surface area (TPSA) is 105 Å². The van der Waals surface area contributed by atoms with Crippen molar-refractivity contribution in [1.29, 1.82) is 0 Å². The van der Waals surface area contributed by atoms with Crippen molar-refractivity contribution in [2.45, 2.75) is 38.9 Å². The van der Waals surface area contributed by atoms with Crippen LogP contribution in [0.5, 0.6) is 5.75 Å². The number of aromatic nitrogens is 3. The van der Waals surface area contributed by atoms with Gasteiger partial charge in [0, 0.05) is 12.1 Å². The van der Waals surface area contributed by atoms with E-state index in [9.17, 15) is 23.1 Å². The van der Waals surface area contributed by atoms with Gasteiger partial charge in [-0.1, -0.05) is 62.0 Å². The lowest BCUT2D eigenvalue weighted by Crippen LogP contribution is -2.34. The Labute approximate surface area is 250 Å². The Morgan fingerprint density at radius 3 is 2.60 bits per heavy atom. The molecular formula is C30H29F3N6O3S. The van der Waals surface area contributed by atoms with Gasteiger partial charge in [-0.05, 0) is 59.9 Å². The van der Waals surface area contributed by atoms with Crippen LogP contribution in [0.1, 0.15) is 30.9 Å². The van der Waals surface area contributed by atoms with E-state index >= 15 is 0 Å². The molecule has 2 N–H and O–H groups in total. The van der Waals surface area contributed by atoms with Gasteiger partial charge in [-0.15, -0.1) is 18.3 Å². The second-order valence-corrected chi connectivity index (χ2v) is 10.9. The number of hydrogen-bond donors (Lipinski definition) is 2. The molecule has 1 saturated heterocycles. The maximum atomic E-state index is 12.7. The summed E-state index contributed by atoms with van der Waals surface area (Å²) in [7, 11) is 0. The highest BCUT2D eigenvalue weighted by Gasteiger charge is 2.32. The molecule has 1 atom stereocenters. The lowest BCUT2D eigenvalue weighted by atomic mass is 10.0. The number of amides is 1. The van der Waals surface area contributed by atoms with Crippen molar-refractivity contribution >= 4 is 28.5 Å². The molecule has 1 unspecified atom stereocenters. The monoisotopic (exact) mass is 610 g/mol. The molecule has 0 aliphatic carbocycles. The first-order chi connectivity index (χ1) is 20.6. The van der Waals surface area contributed by atoms with Crippen molar-refractivity contribution in [2.24, 2.45) is 4.99 Å². The number of benzene rings is 3. The molecule has 224 valence electrons. The number of rotatable bonds is 10. The first kappa shape index (κ1) is 30.3. The minimum atomic E-state index is -4.76. The number of anilines is 1. The number of carbonyl (C=O) groups excluding carboxylic acids is 1. The van der Waals surface area contributed by atoms with Crippen molar-refractivity contribution in [3.8, 4) is 22.8 Å². The molecule has 3 aromatic carbocycles. The summed E-state index contributed by atoms with van der Waals surface area (Å²) in [4.78, 5) is 23.0. The van der Waals surface area contributed by atoms with Crippen LogP contribution in [0.2, 0.25) is 0 Å². The van der Waals surface area contributed by atoms with E-state index in [-0.39, 0.29) is 23.3 Å². The number of ether oxygens (including phenoxy) is 1. The molecule has 4 aromatic rings. The summed E-state index contributed by atoms with van der Waals surface area (Å²) in [6, 6.07) is 20.6. The standard InChI is InChI=1S/C30H29F3N6O3S/c1-19(2)24-8-3-4-9-25(24)39-26(40)17-43-29(39)36-28(41)34-15-14-20-6-5-7-21(16-20)27-35-18-38(37-27)22-10-12-23(13-11-22)42-30(31,32)33/h3-13,16,18-19,28,34,41H,14-15,17H2,1-2H3. The molecule has 1 aromatic heterocycles. The average Bonchev–Trinajstić information content (AvgIpc) is 3.60. The number of aliphatic hydroxyl groups excluding tert-OH is 1. The first-order valence-electron chi connectivity index (χ1n) is 13.5. The van der Waals surface area contributed by atoms with Crippen LogP contribution >= 0.6 is 11.8 Å². The molecule has 0 radical (unpaired) electrons. The molecule has 9 nitrogen and oxygen atoms in total. The average molecular weight is 611 g/mol. The van der Waals surface area contributed by atoms with E-state index in [4.69, 9.17) is 0 Å². The zero-order valence-electron chi connectivity index (χ0n) is 23.3. The summed E-state index contributed by atoms with van der Waals surface area (Å²) in [5.41, 5.74) is 4.06. The molecule has 0 spiro atoms. The fourth-order valence-corrected chi connectivity index (χ4v) is 5.44. The highest BCUT2D eigenvalue weighted by Crippen LogP contribution is 2.33. The SMILES string of the molecule is CC(C)c1ccccc1N1C(=O)CSC1=NC(O)NCCc1cccc(-c2ncn(-c3ccc(OC(F)(F)F)cc3)n2)c1. The minimum absolute atomic E-state index is 0.0793. The highest BCUT2D eigenvalue weighted by molar-refractivity contribution is 8.15. The van der Waals surface area contributed by atoms with Crippen LogP contribution in [0.4, 0.5) is 18.9 Å². The van der Waals surface area contributed by atoms with Crippen LogP contribution < -0.4 is 15.0 Å². The maximum absolute atomic E-state index is 12.7. The van der Waals surface area contributed by atoms with E-state index in [1.165, 1.54) is 47.0 Å². The zero-order chi connectivity index (χ0) is 30.6. The van der Waals surface area contributed by atoms with Gasteiger partial charge in [0.15, 0.2) is 11.0 Å². The molecule has 2 heterocycles. The molecule has 43 heavy (non-hydrogen) atoms. The van der Waals surface area contributed by atoms with E-state index in [2.05, 4.69) is 39.0 Å².